The first kappa shape index (κ1) is 63.7. The van der Waals surface area contributed by atoms with Crippen molar-refractivity contribution >= 4 is 89.1 Å². The zero-order chi connectivity index (χ0) is 63.6. The lowest BCUT2D eigenvalue weighted by molar-refractivity contribution is -0.248. The van der Waals surface area contributed by atoms with Crippen LogP contribution in [0.4, 0.5) is 20.4 Å². The van der Waals surface area contributed by atoms with Crippen LogP contribution in [0.15, 0.2) is 103 Å². The average Bonchev–Trinajstić information content (AvgIpc) is 1.02. The number of carboxylic acid groups (broad SMARTS) is 1. The number of carboxylic acids is 1. The average molecular weight is 1250 g/mol. The largest absolute Gasteiger partial charge is 0.476 e. The third kappa shape index (κ3) is 14.9. The number of nitrogens with zero attached hydrogens (tertiary/aromatic N) is 5. The number of aromatic carboxylic acids is 1. The molecule has 0 aliphatic heterocycles. The SMILES string of the molecule is Cc1c(-c2ccc(-c3ccc4cccc(C(=O)Nc5nc6ccccc6s5)c4c3)nc2C(=O)O)cnn1CC12CC3(C)CC(C)(C1)CC(OCCN(CCS(=O)(=O)O)C(=O)OCc1ccc(NC(=O)[C@H](CCCNC(N)=O)NC(=O)[C@@H](N)C(C)C)cc1)(C3)C2. The number of anilines is 2. The zero-order valence-corrected chi connectivity index (χ0v) is 52.0. The second kappa shape index (κ2) is 25.6. The van der Waals surface area contributed by atoms with Crippen LogP contribution >= 0.6 is 11.3 Å². The maximum atomic E-state index is 13.8. The first-order valence-corrected chi connectivity index (χ1v) is 32.1. The van der Waals surface area contributed by atoms with E-state index in [9.17, 15) is 46.8 Å². The van der Waals surface area contributed by atoms with Gasteiger partial charge in [0.1, 0.15) is 12.6 Å². The summed E-state index contributed by atoms with van der Waals surface area (Å²) in [5.74, 6) is -3.47. The Morgan fingerprint density at radius 2 is 1.58 bits per heavy atom. The molecule has 89 heavy (non-hydrogen) atoms. The van der Waals surface area contributed by atoms with E-state index >= 15 is 0 Å². The van der Waals surface area contributed by atoms with Gasteiger partial charge >= 0.3 is 18.1 Å². The fourth-order valence-electron chi connectivity index (χ4n) is 14.5. The number of nitrogens with one attached hydrogen (secondary N) is 4. The summed E-state index contributed by atoms with van der Waals surface area (Å²) in [5.41, 5.74) is 15.0. The van der Waals surface area contributed by atoms with Gasteiger partial charge in [0.25, 0.3) is 16.0 Å². The number of rotatable bonds is 25. The Balaban J connectivity index is 0.795. The molecule has 10 N–H and O–H groups in total. The summed E-state index contributed by atoms with van der Waals surface area (Å²) in [6.45, 7) is 10.3. The molecule has 23 nitrogen and oxygen atoms in total. The van der Waals surface area contributed by atoms with Crippen molar-refractivity contribution in [3.8, 4) is 22.4 Å². The Hall–Kier alpha value is -8.36. The number of benzene rings is 4. The highest BCUT2D eigenvalue weighted by Crippen LogP contribution is 2.72. The molecule has 0 spiro atoms. The number of nitrogens with two attached hydrogens (primary N) is 2. The van der Waals surface area contributed by atoms with E-state index in [0.717, 1.165) is 53.4 Å². The lowest BCUT2D eigenvalue weighted by Gasteiger charge is -2.69. The van der Waals surface area contributed by atoms with Gasteiger partial charge < -0.3 is 46.9 Å². The molecule has 3 heterocycles. The molecular formula is C64H75N11O12S2. The Bertz CT molecular complexity index is 3930. The van der Waals surface area contributed by atoms with Gasteiger partial charge in [-0.2, -0.15) is 13.5 Å². The number of ether oxygens (including phenoxy) is 2. The van der Waals surface area contributed by atoms with Gasteiger partial charge in [0.2, 0.25) is 11.8 Å². The van der Waals surface area contributed by atoms with Crippen LogP contribution in [0.1, 0.15) is 111 Å². The van der Waals surface area contributed by atoms with E-state index in [0.29, 0.717) is 69.1 Å². The number of pyridine rings is 1. The maximum absolute atomic E-state index is 13.8. The minimum Gasteiger partial charge on any atom is -0.476 e. The van der Waals surface area contributed by atoms with Gasteiger partial charge in [0.15, 0.2) is 10.8 Å². The van der Waals surface area contributed by atoms with E-state index in [2.05, 4.69) is 40.1 Å². The van der Waals surface area contributed by atoms with Crippen LogP contribution in [0.25, 0.3) is 43.4 Å². The molecule has 470 valence electrons. The number of primary amides is 1. The molecule has 4 saturated carbocycles. The fraction of sp³-hybridized carbons (Fsp3) is 0.422. The van der Waals surface area contributed by atoms with Gasteiger partial charge in [-0.15, -0.1) is 0 Å². The molecule has 4 aromatic carbocycles. The van der Waals surface area contributed by atoms with Crippen molar-refractivity contribution in [3.63, 3.8) is 0 Å². The van der Waals surface area contributed by atoms with Crippen molar-refractivity contribution < 1.29 is 56.3 Å². The minimum atomic E-state index is -4.47. The molecule has 4 aliphatic carbocycles. The molecule has 2 unspecified atom stereocenters. The van der Waals surface area contributed by atoms with E-state index in [-0.39, 0.29) is 73.0 Å². The third-order valence-electron chi connectivity index (χ3n) is 17.4. The molecule has 4 aliphatic rings. The first-order chi connectivity index (χ1) is 42.2. The van der Waals surface area contributed by atoms with Crippen LogP contribution in [0, 0.1) is 29.1 Å². The number of urea groups is 1. The van der Waals surface area contributed by atoms with Crippen molar-refractivity contribution in [2.45, 2.75) is 117 Å². The fourth-order valence-corrected chi connectivity index (χ4v) is 15.8. The first-order valence-electron chi connectivity index (χ1n) is 29.7. The van der Waals surface area contributed by atoms with Crippen LogP contribution in [-0.4, -0.2) is 128 Å². The summed E-state index contributed by atoms with van der Waals surface area (Å²) in [5, 5.41) is 28.5. The summed E-state index contributed by atoms with van der Waals surface area (Å²) in [4.78, 5) is 88.5. The molecule has 4 fully saturated rings. The molecule has 6 amide bonds. The van der Waals surface area contributed by atoms with Gasteiger partial charge in [-0.25, -0.2) is 24.4 Å². The molecule has 7 aromatic rings. The van der Waals surface area contributed by atoms with Crippen LogP contribution in [0.2, 0.25) is 0 Å². The van der Waals surface area contributed by atoms with Crippen molar-refractivity contribution in [1.29, 1.82) is 0 Å². The van der Waals surface area contributed by atoms with Crippen molar-refractivity contribution in [2.24, 2.45) is 33.6 Å². The standard InChI is InChI=1S/C64H75N11O12S2/c1-38(2)52(65)56(78)71-50(13-9-23-67-58(66)81)55(77)69-43-19-15-40(16-20-43)30-86-60(82)74(25-27-89(83,84)85)24-26-87-64-34-61(4)31-62(5,35-64)33-63(32-61,36-64)37-75-39(3)47(29-68-75)44-21-22-48(70-53(44)57(79)80)42-18-17-41-10-8-11-45(46(41)28-42)54(76)73-59-72-49-12-6-7-14-51(49)88-59/h6-8,10-12,14-22,28-29,38,50,52H,9,13,23-27,30-37,65H2,1-5H3,(H,69,77)(H,71,78)(H,79,80)(H3,66,67,81)(H,72,73,76)(H,83,84,85)/t50-,52-,61?,62?,63?,64?/m0/s1. The summed E-state index contributed by atoms with van der Waals surface area (Å²) in [6.07, 6.45) is 6.44. The van der Waals surface area contributed by atoms with Crippen LogP contribution in [-0.2, 0) is 42.3 Å². The number of aromatic nitrogens is 4. The Morgan fingerprint density at radius 1 is 0.843 bits per heavy atom. The van der Waals surface area contributed by atoms with Gasteiger partial charge in [-0.3, -0.25) is 28.9 Å². The van der Waals surface area contributed by atoms with E-state index < -0.39 is 63.5 Å². The lowest BCUT2D eigenvalue weighted by Crippen LogP contribution is -2.64. The van der Waals surface area contributed by atoms with E-state index in [1.807, 2.05) is 66.2 Å². The smallest absolute Gasteiger partial charge is 0.410 e. The van der Waals surface area contributed by atoms with E-state index in [1.165, 1.54) is 16.2 Å². The highest BCUT2D eigenvalue weighted by atomic mass is 32.2. The van der Waals surface area contributed by atoms with Gasteiger partial charge in [-0.05, 0) is 145 Å². The Labute approximate surface area is 519 Å². The number of hydrogen-bond acceptors (Lipinski definition) is 15. The van der Waals surface area contributed by atoms with Crippen molar-refractivity contribution in [1.82, 2.24) is 35.3 Å². The highest BCUT2D eigenvalue weighted by molar-refractivity contribution is 7.85. The molecule has 11 rings (SSSR count). The lowest BCUT2D eigenvalue weighted by atomic mass is 9.39. The topological polar surface area (TPSA) is 342 Å². The number of hydrogen-bond donors (Lipinski definition) is 8. The number of fused-ring (bicyclic) bond motifs is 2. The molecule has 4 atom stereocenters. The summed E-state index contributed by atoms with van der Waals surface area (Å²) < 4.78 is 49.3. The summed E-state index contributed by atoms with van der Waals surface area (Å²) in [6, 6.07) is 26.1. The van der Waals surface area contributed by atoms with Gasteiger partial charge in [0.05, 0.1) is 46.1 Å². The minimum absolute atomic E-state index is 0.0366. The normalized spacial score (nSPS) is 20.9. The molecular weight excluding hydrogens is 1180 g/mol. The predicted octanol–water partition coefficient (Wildman–Crippen LogP) is 9.15. The number of thiazole rings is 1. The van der Waals surface area contributed by atoms with E-state index in [4.69, 9.17) is 31.0 Å². The van der Waals surface area contributed by atoms with Gasteiger partial charge in [0, 0.05) is 59.8 Å². The summed E-state index contributed by atoms with van der Waals surface area (Å²) >= 11 is 1.39. The van der Waals surface area contributed by atoms with Gasteiger partial charge in [-0.1, -0.05) is 87.6 Å². The quantitative estimate of drug-likeness (QED) is 0.0195. The molecule has 25 heteroatoms. The van der Waals surface area contributed by atoms with Crippen LogP contribution < -0.4 is 32.7 Å². The number of para-hydroxylation sites is 1. The molecule has 0 saturated heterocycles. The second-order valence-corrected chi connectivity index (χ2v) is 28.0. The second-order valence-electron chi connectivity index (χ2n) is 25.4. The number of carbonyl (C=O) groups is 6. The number of amides is 6. The van der Waals surface area contributed by atoms with Crippen molar-refractivity contribution in [3.05, 3.63) is 126 Å². The van der Waals surface area contributed by atoms with E-state index in [1.54, 1.807) is 62.5 Å². The maximum Gasteiger partial charge on any atom is 0.410 e. The summed E-state index contributed by atoms with van der Waals surface area (Å²) in [7, 11) is -4.47. The van der Waals surface area contributed by atoms with Crippen LogP contribution in [0.3, 0.4) is 0 Å². The van der Waals surface area contributed by atoms with Crippen molar-refractivity contribution in [2.75, 3.05) is 42.6 Å². The predicted molar refractivity (Wildman–Crippen MR) is 338 cm³/mol. The third-order valence-corrected chi connectivity index (χ3v) is 19.1. The number of carbonyl (C=O) groups excluding carboxylic acids is 5. The molecule has 0 radical (unpaired) electrons. The highest BCUT2D eigenvalue weighted by Gasteiger charge is 2.66. The monoisotopic (exact) mass is 1250 g/mol. The molecule has 3 aromatic heterocycles. The Morgan fingerprint density at radius 3 is 2.28 bits per heavy atom. The molecule has 4 bridgehead atoms. The zero-order valence-electron chi connectivity index (χ0n) is 50.3. The van der Waals surface area contributed by atoms with Crippen LogP contribution in [0.5, 0.6) is 0 Å². The Kier molecular flexibility index (Phi) is 18.3.